The van der Waals surface area contributed by atoms with Crippen LogP contribution in [-0.4, -0.2) is 23.1 Å². The minimum atomic E-state index is -4.12. The van der Waals surface area contributed by atoms with E-state index in [1.165, 1.54) is 18.3 Å². The number of nitrogens with zero attached hydrogens (tertiary/aromatic N) is 1. The Hall–Kier alpha value is -1.14. The summed E-state index contributed by atoms with van der Waals surface area (Å²) < 4.78 is 29.1. The molecule has 0 aliphatic rings. The van der Waals surface area contributed by atoms with Gasteiger partial charge in [-0.05, 0) is 12.1 Å². The Morgan fingerprint density at radius 3 is 2.67 bits per heavy atom. The smallest absolute Gasteiger partial charge is 0.270 e. The lowest BCUT2D eigenvalue weighted by Gasteiger charge is -1.98. The SMILES string of the molecule is O=S(=O)(O)Cc1ncccc1O. The van der Waals surface area contributed by atoms with Crippen LogP contribution in [0, 0.1) is 0 Å². The second-order valence-corrected chi connectivity index (χ2v) is 3.65. The summed E-state index contributed by atoms with van der Waals surface area (Å²) in [4.78, 5) is 3.57. The van der Waals surface area contributed by atoms with Crippen LogP contribution in [0.3, 0.4) is 0 Å². The second-order valence-electron chi connectivity index (χ2n) is 2.20. The lowest BCUT2D eigenvalue weighted by Crippen LogP contribution is -2.03. The average molecular weight is 189 g/mol. The molecular weight excluding hydrogens is 182 g/mol. The van der Waals surface area contributed by atoms with Crippen molar-refractivity contribution in [3.05, 3.63) is 24.0 Å². The Bertz CT molecular complexity index is 373. The fourth-order valence-corrected chi connectivity index (χ4v) is 1.28. The predicted octanol–water partition coefficient (Wildman–Crippen LogP) is 0.175. The van der Waals surface area contributed by atoms with E-state index in [-0.39, 0.29) is 11.4 Å². The Morgan fingerprint density at radius 2 is 2.17 bits per heavy atom. The van der Waals surface area contributed by atoms with Crippen molar-refractivity contribution in [1.29, 1.82) is 0 Å². The number of aromatic hydroxyl groups is 1. The van der Waals surface area contributed by atoms with Gasteiger partial charge in [0.05, 0.1) is 5.69 Å². The lowest BCUT2D eigenvalue weighted by atomic mass is 10.3. The van der Waals surface area contributed by atoms with Crippen LogP contribution in [0.1, 0.15) is 5.69 Å². The predicted molar refractivity (Wildman–Crippen MR) is 41.2 cm³/mol. The van der Waals surface area contributed by atoms with E-state index < -0.39 is 15.9 Å². The summed E-state index contributed by atoms with van der Waals surface area (Å²) in [6.45, 7) is 0. The normalized spacial score (nSPS) is 11.4. The van der Waals surface area contributed by atoms with Crippen LogP contribution in [0.15, 0.2) is 18.3 Å². The summed E-state index contributed by atoms with van der Waals surface area (Å²) in [7, 11) is -4.12. The molecule has 0 aliphatic carbocycles. The first-order chi connectivity index (χ1) is 5.49. The third kappa shape index (κ3) is 2.48. The number of aromatic nitrogens is 1. The van der Waals surface area contributed by atoms with Crippen molar-refractivity contribution in [2.45, 2.75) is 5.75 Å². The molecule has 0 bridgehead atoms. The summed E-state index contributed by atoms with van der Waals surface area (Å²) in [6.07, 6.45) is 1.33. The molecule has 0 aromatic carbocycles. The first-order valence-electron chi connectivity index (χ1n) is 3.07. The molecule has 1 heterocycles. The van der Waals surface area contributed by atoms with Gasteiger partial charge in [0.2, 0.25) is 0 Å². The van der Waals surface area contributed by atoms with E-state index in [1.807, 2.05) is 0 Å². The lowest BCUT2D eigenvalue weighted by molar-refractivity contribution is 0.458. The Morgan fingerprint density at radius 1 is 1.50 bits per heavy atom. The molecule has 0 spiro atoms. The molecule has 0 radical (unpaired) electrons. The third-order valence-electron chi connectivity index (χ3n) is 1.19. The van der Waals surface area contributed by atoms with Crippen LogP contribution in [-0.2, 0) is 15.9 Å². The van der Waals surface area contributed by atoms with Crippen molar-refractivity contribution in [3.63, 3.8) is 0 Å². The largest absolute Gasteiger partial charge is 0.506 e. The fraction of sp³-hybridized carbons (Fsp3) is 0.167. The highest BCUT2D eigenvalue weighted by atomic mass is 32.2. The molecular formula is C6H7NO4S. The Balaban J connectivity index is 2.98. The van der Waals surface area contributed by atoms with Crippen molar-refractivity contribution in [2.75, 3.05) is 0 Å². The van der Waals surface area contributed by atoms with Crippen LogP contribution in [0.4, 0.5) is 0 Å². The van der Waals surface area contributed by atoms with E-state index in [0.29, 0.717) is 0 Å². The molecule has 2 N–H and O–H groups in total. The van der Waals surface area contributed by atoms with Gasteiger partial charge >= 0.3 is 0 Å². The first kappa shape index (κ1) is 8.95. The van der Waals surface area contributed by atoms with Gasteiger partial charge < -0.3 is 5.11 Å². The van der Waals surface area contributed by atoms with Crippen molar-refractivity contribution < 1.29 is 18.1 Å². The van der Waals surface area contributed by atoms with Crippen molar-refractivity contribution in [3.8, 4) is 5.75 Å². The number of hydrogen-bond donors (Lipinski definition) is 2. The maximum absolute atomic E-state index is 10.4. The van der Waals surface area contributed by atoms with E-state index >= 15 is 0 Å². The average Bonchev–Trinajstić information content (AvgIpc) is 1.91. The topological polar surface area (TPSA) is 87.5 Å². The number of pyridine rings is 1. The molecule has 0 aliphatic heterocycles. The molecule has 5 nitrogen and oxygen atoms in total. The van der Waals surface area contributed by atoms with E-state index in [4.69, 9.17) is 9.66 Å². The molecule has 1 rings (SSSR count). The monoisotopic (exact) mass is 189 g/mol. The molecule has 0 unspecified atom stereocenters. The van der Waals surface area contributed by atoms with Crippen molar-refractivity contribution >= 4 is 10.1 Å². The molecule has 6 heteroatoms. The van der Waals surface area contributed by atoms with Gasteiger partial charge in [0.15, 0.2) is 0 Å². The highest BCUT2D eigenvalue weighted by Crippen LogP contribution is 2.14. The van der Waals surface area contributed by atoms with Gasteiger partial charge in [0.25, 0.3) is 10.1 Å². The zero-order valence-electron chi connectivity index (χ0n) is 6.01. The molecule has 0 atom stereocenters. The standard InChI is InChI=1S/C6H7NO4S/c8-6-2-1-3-7-5(6)4-12(9,10)11/h1-3,8H,4H2,(H,9,10,11). The number of hydrogen-bond acceptors (Lipinski definition) is 4. The van der Waals surface area contributed by atoms with Crippen LogP contribution in [0.5, 0.6) is 5.75 Å². The van der Waals surface area contributed by atoms with E-state index in [2.05, 4.69) is 4.98 Å². The minimum Gasteiger partial charge on any atom is -0.506 e. The highest BCUT2D eigenvalue weighted by Gasteiger charge is 2.10. The number of rotatable bonds is 2. The zero-order valence-corrected chi connectivity index (χ0v) is 6.82. The van der Waals surface area contributed by atoms with Gasteiger partial charge in [0.1, 0.15) is 11.5 Å². The van der Waals surface area contributed by atoms with Crippen LogP contribution in [0.2, 0.25) is 0 Å². The minimum absolute atomic E-state index is 0.0556. The molecule has 0 saturated heterocycles. The second kappa shape index (κ2) is 3.08. The molecule has 1 aromatic rings. The van der Waals surface area contributed by atoms with E-state index in [1.54, 1.807) is 0 Å². The molecule has 1 aromatic heterocycles. The van der Waals surface area contributed by atoms with Gasteiger partial charge in [-0.25, -0.2) is 0 Å². The summed E-state index contributed by atoms with van der Waals surface area (Å²) in [5, 5.41) is 9.04. The summed E-state index contributed by atoms with van der Waals surface area (Å²) in [5.74, 6) is -0.908. The van der Waals surface area contributed by atoms with Crippen molar-refractivity contribution in [1.82, 2.24) is 4.98 Å². The van der Waals surface area contributed by atoms with Gasteiger partial charge in [-0.1, -0.05) is 0 Å². The molecule has 0 amide bonds. The summed E-state index contributed by atoms with van der Waals surface area (Å²) in [6, 6.07) is 2.76. The quantitative estimate of drug-likeness (QED) is 0.648. The molecule has 12 heavy (non-hydrogen) atoms. The summed E-state index contributed by atoms with van der Waals surface area (Å²) >= 11 is 0. The maximum atomic E-state index is 10.4. The van der Waals surface area contributed by atoms with Crippen molar-refractivity contribution in [2.24, 2.45) is 0 Å². The zero-order chi connectivity index (χ0) is 9.19. The van der Waals surface area contributed by atoms with Gasteiger partial charge in [-0.2, -0.15) is 8.42 Å². The van der Waals surface area contributed by atoms with Gasteiger partial charge in [-0.15, -0.1) is 0 Å². The molecule has 0 saturated carbocycles. The van der Waals surface area contributed by atoms with Crippen LogP contribution < -0.4 is 0 Å². The first-order valence-corrected chi connectivity index (χ1v) is 4.68. The van der Waals surface area contributed by atoms with Crippen LogP contribution >= 0.6 is 0 Å². The third-order valence-corrected chi connectivity index (χ3v) is 1.82. The van der Waals surface area contributed by atoms with Gasteiger partial charge in [0, 0.05) is 6.20 Å². The van der Waals surface area contributed by atoms with E-state index in [9.17, 15) is 8.42 Å². The fourth-order valence-electron chi connectivity index (χ4n) is 0.713. The van der Waals surface area contributed by atoms with Crippen LogP contribution in [0.25, 0.3) is 0 Å². The molecule has 66 valence electrons. The molecule has 0 fully saturated rings. The van der Waals surface area contributed by atoms with E-state index in [0.717, 1.165) is 0 Å². The highest BCUT2D eigenvalue weighted by molar-refractivity contribution is 7.85. The maximum Gasteiger partial charge on any atom is 0.270 e. The van der Waals surface area contributed by atoms with Gasteiger partial charge in [-0.3, -0.25) is 9.54 Å². The summed E-state index contributed by atoms with van der Waals surface area (Å²) in [5.41, 5.74) is -0.0556. The Kier molecular flexibility index (Phi) is 2.30. The Labute approximate surface area is 69.4 Å².